The third kappa shape index (κ3) is 6.63. The van der Waals surface area contributed by atoms with E-state index in [0.717, 1.165) is 18.4 Å². The number of benzene rings is 1. The van der Waals surface area contributed by atoms with Crippen molar-refractivity contribution >= 4 is 32.7 Å². The molecule has 1 aromatic rings. The number of ether oxygens (including phenoxy) is 1. The van der Waals surface area contributed by atoms with E-state index in [4.69, 9.17) is 9.29 Å². The lowest BCUT2D eigenvalue weighted by atomic mass is 9.78. The van der Waals surface area contributed by atoms with Crippen LogP contribution in [0.25, 0.3) is 0 Å². The summed E-state index contributed by atoms with van der Waals surface area (Å²) >= 11 is 2.27. The Balaban J connectivity index is 2.67. The zero-order valence-corrected chi connectivity index (χ0v) is 15.6. The lowest BCUT2D eigenvalue weighted by Gasteiger charge is -2.34. The van der Waals surface area contributed by atoms with Crippen molar-refractivity contribution in [3.63, 3.8) is 0 Å². The van der Waals surface area contributed by atoms with Gasteiger partial charge >= 0.3 is 0 Å². The van der Waals surface area contributed by atoms with Crippen LogP contribution >= 0.6 is 22.6 Å². The summed E-state index contributed by atoms with van der Waals surface area (Å²) in [6, 6.07) is 8.23. The maximum Gasteiger partial charge on any atom is 0.264 e. The van der Waals surface area contributed by atoms with E-state index in [-0.39, 0.29) is 17.3 Å². The second kappa shape index (κ2) is 7.89. The number of unbranched alkanes of at least 4 members (excludes halogenated alkanes) is 1. The summed E-state index contributed by atoms with van der Waals surface area (Å²) in [7, 11) is -2.16. The number of rotatable bonds is 8. The first-order chi connectivity index (χ1) is 9.65. The molecule has 0 bridgehead atoms. The average molecular weight is 426 g/mol. The van der Waals surface area contributed by atoms with Crippen molar-refractivity contribution in [2.45, 2.75) is 39.2 Å². The molecule has 120 valence electrons. The van der Waals surface area contributed by atoms with Crippen LogP contribution in [0.15, 0.2) is 24.3 Å². The van der Waals surface area contributed by atoms with Crippen molar-refractivity contribution in [3.8, 4) is 0 Å². The lowest BCUT2D eigenvalue weighted by molar-refractivity contribution is -0.000773. The van der Waals surface area contributed by atoms with E-state index in [1.807, 2.05) is 0 Å². The Kier molecular flexibility index (Phi) is 7.09. The van der Waals surface area contributed by atoms with Crippen LogP contribution in [0.4, 0.5) is 0 Å². The average Bonchev–Trinajstić information content (AvgIpc) is 2.36. The van der Waals surface area contributed by atoms with E-state index in [0.29, 0.717) is 6.42 Å². The van der Waals surface area contributed by atoms with Crippen LogP contribution in [0.1, 0.15) is 44.8 Å². The molecule has 0 fully saturated rings. The molecule has 0 aliphatic rings. The summed E-state index contributed by atoms with van der Waals surface area (Å²) in [5, 5.41) is 0. The third-order valence-corrected chi connectivity index (χ3v) is 5.12. The molecule has 0 spiro atoms. The second-order valence-corrected chi connectivity index (χ2v) is 8.72. The topological polar surface area (TPSA) is 63.6 Å². The Morgan fingerprint density at radius 1 is 1.24 bits per heavy atom. The molecule has 21 heavy (non-hydrogen) atoms. The zero-order valence-electron chi connectivity index (χ0n) is 12.7. The highest BCUT2D eigenvalue weighted by Crippen LogP contribution is 2.40. The zero-order chi connectivity index (χ0) is 16.1. The molecular formula is C15H23IO4S. The quantitative estimate of drug-likeness (QED) is 0.387. The predicted octanol–water partition coefficient (Wildman–Crippen LogP) is 4.06. The van der Waals surface area contributed by atoms with E-state index < -0.39 is 10.1 Å². The first kappa shape index (κ1) is 18.9. The summed E-state index contributed by atoms with van der Waals surface area (Å²) in [6.07, 6.45) is 1.98. The van der Waals surface area contributed by atoms with Gasteiger partial charge in [-0.1, -0.05) is 32.4 Å². The van der Waals surface area contributed by atoms with Gasteiger partial charge in [0.05, 0.1) is 11.9 Å². The van der Waals surface area contributed by atoms with Gasteiger partial charge in [-0.2, -0.15) is 8.42 Å². The highest BCUT2D eigenvalue weighted by molar-refractivity contribution is 14.1. The standard InChI is InChI=1S/C15H23IO4S/c1-15(2,10-4-5-11-21(17,18)19)14(20-3)12-6-8-13(16)9-7-12/h6-9,14H,4-5,10-11H2,1-3H3,(H,17,18,19). The van der Waals surface area contributed by atoms with Crippen molar-refractivity contribution in [2.24, 2.45) is 5.41 Å². The van der Waals surface area contributed by atoms with Crippen LogP contribution in [0, 0.1) is 8.99 Å². The van der Waals surface area contributed by atoms with E-state index >= 15 is 0 Å². The fourth-order valence-electron chi connectivity index (χ4n) is 2.54. The Morgan fingerprint density at radius 2 is 1.81 bits per heavy atom. The minimum atomic E-state index is -3.86. The predicted molar refractivity (Wildman–Crippen MR) is 93.0 cm³/mol. The van der Waals surface area contributed by atoms with Crippen molar-refractivity contribution in [2.75, 3.05) is 12.9 Å². The first-order valence-corrected chi connectivity index (χ1v) is 9.58. The highest BCUT2D eigenvalue weighted by atomic mass is 127. The SMILES string of the molecule is COC(c1ccc(I)cc1)C(C)(C)CCCCS(=O)(=O)O. The van der Waals surface area contributed by atoms with Gasteiger partial charge < -0.3 is 4.74 Å². The normalized spacial score (nSPS) is 14.1. The monoisotopic (exact) mass is 426 g/mol. The van der Waals surface area contributed by atoms with Gasteiger partial charge in [-0.25, -0.2) is 0 Å². The molecule has 1 aromatic carbocycles. The highest BCUT2D eigenvalue weighted by Gasteiger charge is 2.30. The largest absolute Gasteiger partial charge is 0.376 e. The van der Waals surface area contributed by atoms with Crippen LogP contribution in [-0.2, 0) is 14.9 Å². The van der Waals surface area contributed by atoms with E-state index in [1.165, 1.54) is 3.57 Å². The van der Waals surface area contributed by atoms with Crippen LogP contribution in [0.2, 0.25) is 0 Å². The maximum atomic E-state index is 10.7. The van der Waals surface area contributed by atoms with Crippen molar-refractivity contribution < 1.29 is 17.7 Å². The summed E-state index contributed by atoms with van der Waals surface area (Å²) in [6.45, 7) is 4.24. The van der Waals surface area contributed by atoms with E-state index in [2.05, 4.69) is 60.7 Å². The molecule has 1 N–H and O–H groups in total. The summed E-state index contributed by atoms with van der Waals surface area (Å²) in [5.74, 6) is -0.176. The maximum absolute atomic E-state index is 10.7. The van der Waals surface area contributed by atoms with Crippen LogP contribution in [0.3, 0.4) is 0 Å². The lowest BCUT2D eigenvalue weighted by Crippen LogP contribution is -2.24. The summed E-state index contributed by atoms with van der Waals surface area (Å²) in [4.78, 5) is 0. The van der Waals surface area contributed by atoms with Crippen LogP contribution < -0.4 is 0 Å². The minimum absolute atomic E-state index is 0.0415. The number of hydrogen-bond donors (Lipinski definition) is 1. The van der Waals surface area contributed by atoms with Crippen molar-refractivity contribution in [1.29, 1.82) is 0 Å². The molecule has 0 aliphatic carbocycles. The van der Waals surface area contributed by atoms with E-state index in [1.54, 1.807) is 7.11 Å². The molecule has 0 radical (unpaired) electrons. The van der Waals surface area contributed by atoms with Crippen molar-refractivity contribution in [1.82, 2.24) is 0 Å². The number of halogens is 1. The molecule has 4 nitrogen and oxygen atoms in total. The Morgan fingerprint density at radius 3 is 2.29 bits per heavy atom. The van der Waals surface area contributed by atoms with Gasteiger partial charge in [0.1, 0.15) is 0 Å². The number of hydrogen-bond acceptors (Lipinski definition) is 3. The Labute approximate surface area is 141 Å². The van der Waals surface area contributed by atoms with Gasteiger partial charge in [-0.3, -0.25) is 4.55 Å². The second-order valence-electron chi connectivity index (χ2n) is 5.90. The van der Waals surface area contributed by atoms with Crippen molar-refractivity contribution in [3.05, 3.63) is 33.4 Å². The molecule has 0 heterocycles. The molecule has 0 saturated heterocycles. The number of methoxy groups -OCH3 is 1. The molecule has 1 atom stereocenters. The Bertz CT molecular complexity index is 537. The third-order valence-electron chi connectivity index (χ3n) is 3.59. The van der Waals surface area contributed by atoms with Gasteiger partial charge in [0, 0.05) is 10.7 Å². The van der Waals surface area contributed by atoms with Gasteiger partial charge in [-0.05, 0) is 58.5 Å². The minimum Gasteiger partial charge on any atom is -0.376 e. The van der Waals surface area contributed by atoms with Gasteiger partial charge in [0.25, 0.3) is 10.1 Å². The van der Waals surface area contributed by atoms with E-state index in [9.17, 15) is 8.42 Å². The molecule has 1 unspecified atom stereocenters. The molecule has 0 aliphatic heterocycles. The molecule has 1 rings (SSSR count). The summed E-state index contributed by atoms with van der Waals surface area (Å²) in [5.41, 5.74) is 1.01. The molecule has 0 aromatic heterocycles. The molecule has 6 heteroatoms. The van der Waals surface area contributed by atoms with Crippen LogP contribution in [-0.4, -0.2) is 25.8 Å². The molecule has 0 saturated carbocycles. The fraction of sp³-hybridized carbons (Fsp3) is 0.600. The van der Waals surface area contributed by atoms with Gasteiger partial charge in [-0.15, -0.1) is 0 Å². The van der Waals surface area contributed by atoms with Crippen LogP contribution in [0.5, 0.6) is 0 Å². The smallest absolute Gasteiger partial charge is 0.264 e. The fourth-order valence-corrected chi connectivity index (χ4v) is 3.47. The van der Waals surface area contributed by atoms with Gasteiger partial charge in [0.2, 0.25) is 0 Å². The molecular weight excluding hydrogens is 403 g/mol. The summed E-state index contributed by atoms with van der Waals surface area (Å²) < 4.78 is 37.1. The Hall–Kier alpha value is -0.180. The van der Waals surface area contributed by atoms with Gasteiger partial charge in [0.15, 0.2) is 0 Å². The molecule has 0 amide bonds. The first-order valence-electron chi connectivity index (χ1n) is 6.89.